The summed E-state index contributed by atoms with van der Waals surface area (Å²) in [6.45, 7) is 3.45. The van der Waals surface area contributed by atoms with E-state index in [1.807, 2.05) is 18.7 Å². The summed E-state index contributed by atoms with van der Waals surface area (Å²) >= 11 is 1.98. The van der Waals surface area contributed by atoms with Crippen LogP contribution in [0.5, 0.6) is 0 Å². The molecular weight excluding hydrogens is 172 g/mol. The zero-order chi connectivity index (χ0) is 8.81. The zero-order valence-corrected chi connectivity index (χ0v) is 8.25. The van der Waals surface area contributed by atoms with Crippen LogP contribution in [-0.2, 0) is 0 Å². The summed E-state index contributed by atoms with van der Waals surface area (Å²) in [5.74, 6) is 3.14. The minimum Gasteiger partial charge on any atom is -0.338 e. The van der Waals surface area contributed by atoms with Crippen molar-refractivity contribution < 1.29 is 4.79 Å². The van der Waals surface area contributed by atoms with Gasteiger partial charge in [-0.25, -0.2) is 4.79 Å². The van der Waals surface area contributed by atoms with Crippen LogP contribution in [-0.4, -0.2) is 30.6 Å². The second-order valence-electron chi connectivity index (χ2n) is 2.97. The van der Waals surface area contributed by atoms with Crippen LogP contribution in [0.15, 0.2) is 0 Å². The van der Waals surface area contributed by atoms with Crippen LogP contribution in [0, 0.1) is 5.92 Å². The number of hydrogen-bond acceptors (Lipinski definition) is 2. The molecule has 0 aromatic rings. The lowest BCUT2D eigenvalue weighted by atomic mass is 10.1. The van der Waals surface area contributed by atoms with E-state index in [4.69, 9.17) is 0 Å². The number of amides is 2. The monoisotopic (exact) mass is 188 g/mol. The van der Waals surface area contributed by atoms with E-state index in [0.717, 1.165) is 6.54 Å². The Labute approximate surface area is 77.7 Å². The van der Waals surface area contributed by atoms with E-state index in [2.05, 4.69) is 10.6 Å². The van der Waals surface area contributed by atoms with E-state index in [0.29, 0.717) is 12.5 Å². The van der Waals surface area contributed by atoms with Gasteiger partial charge in [-0.05, 0) is 30.8 Å². The third kappa shape index (κ3) is 3.34. The van der Waals surface area contributed by atoms with Gasteiger partial charge in [0, 0.05) is 13.1 Å². The Kier molecular flexibility index (Phi) is 4.29. The van der Waals surface area contributed by atoms with Gasteiger partial charge in [-0.1, -0.05) is 0 Å². The highest BCUT2D eigenvalue weighted by atomic mass is 32.2. The molecule has 4 heteroatoms. The molecule has 0 bridgehead atoms. The molecule has 1 saturated heterocycles. The van der Waals surface area contributed by atoms with Gasteiger partial charge in [-0.3, -0.25) is 0 Å². The average Bonchev–Trinajstić information content (AvgIpc) is 2.53. The van der Waals surface area contributed by atoms with Gasteiger partial charge in [0.2, 0.25) is 0 Å². The lowest BCUT2D eigenvalue weighted by Crippen LogP contribution is -2.38. The lowest BCUT2D eigenvalue weighted by molar-refractivity contribution is 0.240. The SMILES string of the molecule is CCNC(=O)NCC1CCSC1. The van der Waals surface area contributed by atoms with Gasteiger partial charge in [-0.15, -0.1) is 0 Å². The molecule has 0 saturated carbocycles. The molecule has 2 amide bonds. The van der Waals surface area contributed by atoms with E-state index < -0.39 is 0 Å². The third-order valence-electron chi connectivity index (χ3n) is 1.91. The lowest BCUT2D eigenvalue weighted by Gasteiger charge is -2.09. The van der Waals surface area contributed by atoms with Gasteiger partial charge in [0.1, 0.15) is 0 Å². The maximum atomic E-state index is 11.0. The van der Waals surface area contributed by atoms with Crippen molar-refractivity contribution in [3.8, 4) is 0 Å². The maximum absolute atomic E-state index is 11.0. The van der Waals surface area contributed by atoms with Crippen molar-refractivity contribution in [1.82, 2.24) is 10.6 Å². The molecular formula is C8H16N2OS. The molecule has 1 fully saturated rings. The Morgan fingerprint density at radius 2 is 2.42 bits per heavy atom. The topological polar surface area (TPSA) is 41.1 Å². The fraction of sp³-hybridized carbons (Fsp3) is 0.875. The van der Waals surface area contributed by atoms with Gasteiger partial charge >= 0.3 is 6.03 Å². The van der Waals surface area contributed by atoms with Crippen LogP contribution in [0.1, 0.15) is 13.3 Å². The minimum absolute atomic E-state index is 0.0330. The predicted molar refractivity (Wildman–Crippen MR) is 52.5 cm³/mol. The summed E-state index contributed by atoms with van der Waals surface area (Å²) in [4.78, 5) is 11.0. The number of thioether (sulfide) groups is 1. The molecule has 0 aromatic carbocycles. The van der Waals surface area contributed by atoms with E-state index in [1.54, 1.807) is 0 Å². The molecule has 2 N–H and O–H groups in total. The Bertz CT molecular complexity index is 146. The zero-order valence-electron chi connectivity index (χ0n) is 7.43. The molecule has 1 unspecified atom stereocenters. The van der Waals surface area contributed by atoms with Crippen molar-refractivity contribution in [1.29, 1.82) is 0 Å². The van der Waals surface area contributed by atoms with E-state index in [-0.39, 0.29) is 6.03 Å². The van der Waals surface area contributed by atoms with Crippen molar-refractivity contribution in [3.05, 3.63) is 0 Å². The van der Waals surface area contributed by atoms with Gasteiger partial charge in [0.25, 0.3) is 0 Å². The summed E-state index contributed by atoms with van der Waals surface area (Å²) in [6, 6.07) is -0.0330. The standard InChI is InChI=1S/C8H16N2OS/c1-2-9-8(11)10-5-7-3-4-12-6-7/h7H,2-6H2,1H3,(H2,9,10,11). The largest absolute Gasteiger partial charge is 0.338 e. The highest BCUT2D eigenvalue weighted by Crippen LogP contribution is 2.22. The van der Waals surface area contributed by atoms with Crippen LogP contribution in [0.3, 0.4) is 0 Å². The number of carbonyl (C=O) groups excluding carboxylic acids is 1. The van der Waals surface area contributed by atoms with Crippen LogP contribution >= 0.6 is 11.8 Å². The summed E-state index contributed by atoms with van der Waals surface area (Å²) < 4.78 is 0. The minimum atomic E-state index is -0.0330. The summed E-state index contributed by atoms with van der Waals surface area (Å²) in [5, 5.41) is 5.57. The Morgan fingerprint density at radius 3 is 3.00 bits per heavy atom. The van der Waals surface area contributed by atoms with Crippen molar-refractivity contribution in [2.75, 3.05) is 24.6 Å². The second kappa shape index (κ2) is 5.30. The summed E-state index contributed by atoms with van der Waals surface area (Å²) in [5.41, 5.74) is 0. The highest BCUT2D eigenvalue weighted by Gasteiger charge is 2.15. The molecule has 1 heterocycles. The first-order valence-electron chi connectivity index (χ1n) is 4.42. The number of rotatable bonds is 3. The van der Waals surface area contributed by atoms with Gasteiger partial charge < -0.3 is 10.6 Å². The van der Waals surface area contributed by atoms with Crippen molar-refractivity contribution in [2.45, 2.75) is 13.3 Å². The van der Waals surface area contributed by atoms with Gasteiger partial charge in [0.05, 0.1) is 0 Å². The molecule has 1 aliphatic heterocycles. The van der Waals surface area contributed by atoms with Crippen LogP contribution < -0.4 is 10.6 Å². The average molecular weight is 188 g/mol. The summed E-state index contributed by atoms with van der Waals surface area (Å²) in [6.07, 6.45) is 1.25. The molecule has 0 spiro atoms. The Balaban J connectivity index is 2.03. The molecule has 1 aliphatic rings. The molecule has 0 aliphatic carbocycles. The number of hydrogen-bond donors (Lipinski definition) is 2. The molecule has 0 radical (unpaired) electrons. The normalized spacial score (nSPS) is 22.2. The van der Waals surface area contributed by atoms with Crippen molar-refractivity contribution in [2.24, 2.45) is 5.92 Å². The number of carbonyl (C=O) groups is 1. The first kappa shape index (κ1) is 9.71. The van der Waals surface area contributed by atoms with E-state index >= 15 is 0 Å². The molecule has 1 rings (SSSR count). The number of nitrogens with one attached hydrogen (secondary N) is 2. The molecule has 0 aromatic heterocycles. The maximum Gasteiger partial charge on any atom is 0.314 e. The van der Waals surface area contributed by atoms with Crippen LogP contribution in [0.2, 0.25) is 0 Å². The van der Waals surface area contributed by atoms with Gasteiger partial charge in [0.15, 0.2) is 0 Å². The Hall–Kier alpha value is -0.380. The first-order valence-corrected chi connectivity index (χ1v) is 5.58. The third-order valence-corrected chi connectivity index (χ3v) is 3.14. The molecule has 12 heavy (non-hydrogen) atoms. The fourth-order valence-corrected chi connectivity index (χ4v) is 2.49. The first-order chi connectivity index (χ1) is 5.83. The van der Waals surface area contributed by atoms with Crippen molar-refractivity contribution in [3.63, 3.8) is 0 Å². The van der Waals surface area contributed by atoms with Gasteiger partial charge in [-0.2, -0.15) is 11.8 Å². The second-order valence-corrected chi connectivity index (χ2v) is 4.12. The predicted octanol–water partition coefficient (Wildman–Crippen LogP) is 1.06. The molecule has 1 atom stereocenters. The number of urea groups is 1. The van der Waals surface area contributed by atoms with Crippen LogP contribution in [0.4, 0.5) is 4.79 Å². The van der Waals surface area contributed by atoms with Crippen molar-refractivity contribution >= 4 is 17.8 Å². The summed E-state index contributed by atoms with van der Waals surface area (Å²) in [7, 11) is 0. The Morgan fingerprint density at radius 1 is 1.58 bits per heavy atom. The van der Waals surface area contributed by atoms with E-state index in [1.165, 1.54) is 17.9 Å². The smallest absolute Gasteiger partial charge is 0.314 e. The quantitative estimate of drug-likeness (QED) is 0.695. The molecule has 70 valence electrons. The van der Waals surface area contributed by atoms with Crippen LogP contribution in [0.25, 0.3) is 0 Å². The fourth-order valence-electron chi connectivity index (χ4n) is 1.20. The van der Waals surface area contributed by atoms with E-state index in [9.17, 15) is 4.79 Å². The molecule has 3 nitrogen and oxygen atoms in total. The highest BCUT2D eigenvalue weighted by molar-refractivity contribution is 7.99.